The number of carbonyl (C=O) groups is 1. The van der Waals surface area contributed by atoms with Crippen molar-refractivity contribution in [2.45, 2.75) is 13.8 Å². The average Bonchev–Trinajstić information content (AvgIpc) is 2.32. The van der Waals surface area contributed by atoms with Crippen LogP contribution in [0.3, 0.4) is 0 Å². The number of nitrogens with one attached hydrogen (secondary N) is 1. The summed E-state index contributed by atoms with van der Waals surface area (Å²) in [6.07, 6.45) is 0. The summed E-state index contributed by atoms with van der Waals surface area (Å²) >= 11 is 5.71. The molecule has 2 N–H and O–H groups in total. The maximum absolute atomic E-state index is 12.1. The molecule has 0 radical (unpaired) electrons. The Bertz CT molecular complexity index is 618. The van der Waals surface area contributed by atoms with Crippen molar-refractivity contribution in [3.8, 4) is 5.75 Å². The molecule has 0 fully saturated rings. The molecule has 0 aliphatic carbocycles. The molecule has 2 aromatic rings. The van der Waals surface area contributed by atoms with Crippen LogP contribution in [0.15, 0.2) is 36.4 Å². The van der Waals surface area contributed by atoms with Gasteiger partial charge in [-0.05, 0) is 38.1 Å². The van der Waals surface area contributed by atoms with Gasteiger partial charge in [-0.3, -0.25) is 4.79 Å². The second kappa shape index (κ2) is 5.33. The van der Waals surface area contributed by atoms with Crippen molar-refractivity contribution in [3.63, 3.8) is 0 Å². The number of halogens is 1. The lowest BCUT2D eigenvalue weighted by molar-refractivity contribution is 0.102. The summed E-state index contributed by atoms with van der Waals surface area (Å²) in [5.74, 6) is -0.270. The van der Waals surface area contributed by atoms with Crippen molar-refractivity contribution in [2.75, 3.05) is 5.32 Å². The van der Waals surface area contributed by atoms with Gasteiger partial charge in [-0.15, -0.1) is 0 Å². The van der Waals surface area contributed by atoms with Crippen LogP contribution in [0, 0.1) is 13.8 Å². The van der Waals surface area contributed by atoms with E-state index in [1.807, 2.05) is 32.0 Å². The van der Waals surface area contributed by atoms with Crippen molar-refractivity contribution in [1.29, 1.82) is 0 Å². The van der Waals surface area contributed by atoms with Crippen molar-refractivity contribution < 1.29 is 9.90 Å². The predicted molar refractivity (Wildman–Crippen MR) is 77.0 cm³/mol. The Morgan fingerprint density at radius 2 is 1.74 bits per heavy atom. The van der Waals surface area contributed by atoms with E-state index < -0.39 is 0 Å². The molecule has 4 heteroatoms. The number of aryl methyl sites for hydroxylation is 2. The average molecular weight is 276 g/mol. The normalized spacial score (nSPS) is 10.3. The molecule has 0 spiro atoms. The smallest absolute Gasteiger partial charge is 0.255 e. The molecule has 0 aliphatic heterocycles. The first kappa shape index (κ1) is 13.4. The third-order valence-electron chi connectivity index (χ3n) is 2.69. The van der Waals surface area contributed by atoms with Crippen molar-refractivity contribution in [2.24, 2.45) is 0 Å². The zero-order chi connectivity index (χ0) is 14.0. The Labute approximate surface area is 116 Å². The van der Waals surface area contributed by atoms with Crippen LogP contribution >= 0.6 is 11.6 Å². The number of phenolic OH excluding ortho intramolecular Hbond substituents is 1. The fourth-order valence-corrected chi connectivity index (χ4v) is 2.02. The molecule has 0 bridgehead atoms. The van der Waals surface area contributed by atoms with Crippen LogP contribution in [0.1, 0.15) is 21.5 Å². The number of hydrogen-bond acceptors (Lipinski definition) is 2. The number of carbonyl (C=O) groups excluding carboxylic acids is 1. The van der Waals surface area contributed by atoms with Gasteiger partial charge in [-0.2, -0.15) is 0 Å². The molecule has 0 aliphatic rings. The van der Waals surface area contributed by atoms with Crippen LogP contribution in [-0.4, -0.2) is 11.0 Å². The highest BCUT2D eigenvalue weighted by Crippen LogP contribution is 2.26. The minimum absolute atomic E-state index is 0.0557. The van der Waals surface area contributed by atoms with Crippen LogP contribution in [0.2, 0.25) is 5.02 Å². The maximum Gasteiger partial charge on any atom is 0.255 e. The van der Waals surface area contributed by atoms with Crippen molar-refractivity contribution in [1.82, 2.24) is 0 Å². The van der Waals surface area contributed by atoms with E-state index in [9.17, 15) is 9.90 Å². The minimum atomic E-state index is -0.214. The topological polar surface area (TPSA) is 49.3 Å². The van der Waals surface area contributed by atoms with Crippen molar-refractivity contribution in [3.05, 3.63) is 58.1 Å². The fraction of sp³-hybridized carbons (Fsp3) is 0.133. The Morgan fingerprint density at radius 1 is 1.11 bits per heavy atom. The zero-order valence-corrected chi connectivity index (χ0v) is 11.5. The van der Waals surface area contributed by atoms with Gasteiger partial charge < -0.3 is 10.4 Å². The van der Waals surface area contributed by atoms with Gasteiger partial charge in [0, 0.05) is 17.3 Å². The molecule has 2 aromatic carbocycles. The van der Waals surface area contributed by atoms with E-state index in [2.05, 4.69) is 5.32 Å². The quantitative estimate of drug-likeness (QED) is 0.873. The van der Waals surface area contributed by atoms with Crippen molar-refractivity contribution >= 4 is 23.2 Å². The third kappa shape index (κ3) is 3.26. The summed E-state index contributed by atoms with van der Waals surface area (Å²) in [6, 6.07) is 10.2. The van der Waals surface area contributed by atoms with Crippen LogP contribution in [-0.2, 0) is 0 Å². The van der Waals surface area contributed by atoms with Gasteiger partial charge in [0.15, 0.2) is 0 Å². The molecule has 98 valence electrons. The largest absolute Gasteiger partial charge is 0.506 e. The predicted octanol–water partition coefficient (Wildman–Crippen LogP) is 3.91. The number of hydrogen-bond donors (Lipinski definition) is 2. The van der Waals surface area contributed by atoms with E-state index in [0.29, 0.717) is 11.3 Å². The zero-order valence-electron chi connectivity index (χ0n) is 10.7. The highest BCUT2D eigenvalue weighted by Gasteiger charge is 2.08. The molecule has 3 nitrogen and oxygen atoms in total. The monoisotopic (exact) mass is 275 g/mol. The Balaban J connectivity index is 2.22. The lowest BCUT2D eigenvalue weighted by Crippen LogP contribution is -2.12. The number of benzene rings is 2. The standard InChI is InChI=1S/C15H14ClNO2/c1-9-5-10(2)7-11(6-9)15(19)17-12-3-4-13(16)14(18)8-12/h3-8,18H,1-2H3,(H,17,19). The fourth-order valence-electron chi connectivity index (χ4n) is 1.90. The van der Waals surface area contributed by atoms with E-state index >= 15 is 0 Å². The van der Waals surface area contributed by atoms with E-state index in [1.165, 1.54) is 12.1 Å². The second-order valence-corrected chi connectivity index (χ2v) is 4.90. The van der Waals surface area contributed by atoms with E-state index in [-0.39, 0.29) is 16.7 Å². The van der Waals surface area contributed by atoms with Crippen LogP contribution < -0.4 is 5.32 Å². The molecule has 0 unspecified atom stereocenters. The molecular weight excluding hydrogens is 262 g/mol. The van der Waals surface area contributed by atoms with Gasteiger partial charge in [0.2, 0.25) is 0 Å². The molecule has 0 aromatic heterocycles. The molecule has 0 saturated heterocycles. The van der Waals surface area contributed by atoms with Gasteiger partial charge in [0.1, 0.15) is 5.75 Å². The van der Waals surface area contributed by atoms with Gasteiger partial charge in [-0.25, -0.2) is 0 Å². The van der Waals surface area contributed by atoms with Gasteiger partial charge in [0.25, 0.3) is 5.91 Å². The SMILES string of the molecule is Cc1cc(C)cc(C(=O)Nc2ccc(Cl)c(O)c2)c1. The van der Waals surface area contributed by atoms with Gasteiger partial charge >= 0.3 is 0 Å². The molecule has 0 heterocycles. The van der Waals surface area contributed by atoms with E-state index in [1.54, 1.807) is 6.07 Å². The van der Waals surface area contributed by atoms with E-state index in [0.717, 1.165) is 11.1 Å². The second-order valence-electron chi connectivity index (χ2n) is 4.50. The first-order valence-electron chi connectivity index (χ1n) is 5.84. The number of aromatic hydroxyl groups is 1. The third-order valence-corrected chi connectivity index (χ3v) is 3.01. The summed E-state index contributed by atoms with van der Waals surface area (Å²) in [4.78, 5) is 12.1. The first-order chi connectivity index (χ1) is 8.95. The maximum atomic E-state index is 12.1. The lowest BCUT2D eigenvalue weighted by atomic mass is 10.1. The number of phenols is 1. The first-order valence-corrected chi connectivity index (χ1v) is 6.21. The summed E-state index contributed by atoms with van der Waals surface area (Å²) in [5, 5.41) is 12.5. The summed E-state index contributed by atoms with van der Waals surface area (Å²) in [7, 11) is 0. The molecule has 19 heavy (non-hydrogen) atoms. The number of rotatable bonds is 2. The van der Waals surface area contributed by atoms with Gasteiger partial charge in [-0.1, -0.05) is 28.8 Å². The summed E-state index contributed by atoms with van der Waals surface area (Å²) < 4.78 is 0. The van der Waals surface area contributed by atoms with Crippen LogP contribution in [0.5, 0.6) is 5.75 Å². The summed E-state index contributed by atoms with van der Waals surface area (Å²) in [5.41, 5.74) is 3.16. The van der Waals surface area contributed by atoms with Crippen LogP contribution in [0.4, 0.5) is 5.69 Å². The Kier molecular flexibility index (Phi) is 3.76. The van der Waals surface area contributed by atoms with Crippen LogP contribution in [0.25, 0.3) is 0 Å². The summed E-state index contributed by atoms with van der Waals surface area (Å²) in [6.45, 7) is 3.88. The molecular formula is C15H14ClNO2. The Morgan fingerprint density at radius 3 is 2.32 bits per heavy atom. The molecule has 2 rings (SSSR count). The highest BCUT2D eigenvalue weighted by atomic mass is 35.5. The lowest BCUT2D eigenvalue weighted by Gasteiger charge is -2.08. The molecule has 1 amide bonds. The molecule has 0 saturated carbocycles. The van der Waals surface area contributed by atoms with Gasteiger partial charge in [0.05, 0.1) is 5.02 Å². The minimum Gasteiger partial charge on any atom is -0.506 e. The molecule has 0 atom stereocenters. The van der Waals surface area contributed by atoms with E-state index in [4.69, 9.17) is 11.6 Å². The Hall–Kier alpha value is -2.00. The number of anilines is 1. The highest BCUT2D eigenvalue weighted by molar-refractivity contribution is 6.32. The number of amides is 1.